The quantitative estimate of drug-likeness (QED) is 0.658. The number of halogens is 4. The lowest BCUT2D eigenvalue weighted by atomic mass is 10.1. The molecular weight excluding hydrogens is 447 g/mol. The van der Waals surface area contributed by atoms with Gasteiger partial charge >= 0.3 is 5.97 Å². The number of aromatic carboxylic acids is 1. The molecule has 0 aliphatic rings. The van der Waals surface area contributed by atoms with Crippen molar-refractivity contribution in [2.24, 2.45) is 0 Å². The van der Waals surface area contributed by atoms with Crippen molar-refractivity contribution >= 4 is 55.9 Å². The second-order valence-corrected chi connectivity index (χ2v) is 5.97. The van der Waals surface area contributed by atoms with E-state index in [0.717, 1.165) is 12.1 Å². The first-order valence-electron chi connectivity index (χ1n) is 5.33. The van der Waals surface area contributed by atoms with E-state index in [-0.39, 0.29) is 21.4 Å². The molecule has 0 fully saturated rings. The molecule has 7 heteroatoms. The summed E-state index contributed by atoms with van der Waals surface area (Å²) < 4.78 is 28.0. The SMILES string of the molecule is O=C(O)c1cc(Br)c(F)cc1Nc1ccc(I)cc1F. The number of hydrogen-bond donors (Lipinski definition) is 2. The fourth-order valence-electron chi connectivity index (χ4n) is 1.56. The third-order valence-electron chi connectivity index (χ3n) is 2.49. The largest absolute Gasteiger partial charge is 0.478 e. The number of carboxylic acids is 1. The molecule has 2 N–H and O–H groups in total. The molecule has 0 heterocycles. The third kappa shape index (κ3) is 3.26. The molecule has 2 aromatic rings. The van der Waals surface area contributed by atoms with Crippen LogP contribution in [0, 0.1) is 15.2 Å². The summed E-state index contributed by atoms with van der Waals surface area (Å²) in [6, 6.07) is 6.54. The van der Waals surface area contributed by atoms with Gasteiger partial charge in [0.2, 0.25) is 0 Å². The van der Waals surface area contributed by atoms with Crippen molar-refractivity contribution in [3.63, 3.8) is 0 Å². The predicted octanol–water partition coefficient (Wildman–Crippen LogP) is 4.77. The Labute approximate surface area is 135 Å². The molecule has 2 rings (SSSR count). The molecule has 0 unspecified atom stereocenters. The molecule has 3 nitrogen and oxygen atoms in total. The number of carbonyl (C=O) groups is 1. The molecule has 20 heavy (non-hydrogen) atoms. The minimum atomic E-state index is -1.24. The summed E-state index contributed by atoms with van der Waals surface area (Å²) in [5.41, 5.74) is -0.0934. The Morgan fingerprint density at radius 1 is 1.15 bits per heavy atom. The zero-order valence-electron chi connectivity index (χ0n) is 9.75. The molecule has 2 aromatic carbocycles. The minimum Gasteiger partial charge on any atom is -0.478 e. The summed E-state index contributed by atoms with van der Waals surface area (Å²) in [6.07, 6.45) is 0. The summed E-state index contributed by atoms with van der Waals surface area (Å²) in [6.45, 7) is 0. The van der Waals surface area contributed by atoms with E-state index in [1.807, 2.05) is 22.6 Å². The van der Waals surface area contributed by atoms with Crippen LogP contribution >= 0.6 is 38.5 Å². The van der Waals surface area contributed by atoms with Gasteiger partial charge in [-0.25, -0.2) is 13.6 Å². The molecule has 104 valence electrons. The van der Waals surface area contributed by atoms with Crippen molar-refractivity contribution in [3.8, 4) is 0 Å². The maximum atomic E-state index is 13.7. The zero-order chi connectivity index (χ0) is 14.9. The average Bonchev–Trinajstić information content (AvgIpc) is 2.36. The van der Waals surface area contributed by atoms with Gasteiger partial charge in [0.25, 0.3) is 0 Å². The fourth-order valence-corrected chi connectivity index (χ4v) is 2.36. The Bertz CT molecular complexity index is 694. The monoisotopic (exact) mass is 453 g/mol. The first kappa shape index (κ1) is 15.2. The summed E-state index contributed by atoms with van der Waals surface area (Å²) in [7, 11) is 0. The Kier molecular flexibility index (Phi) is 4.59. The van der Waals surface area contributed by atoms with Crippen LogP contribution in [0.25, 0.3) is 0 Å². The lowest BCUT2D eigenvalue weighted by Crippen LogP contribution is -2.05. The first-order chi connectivity index (χ1) is 9.38. The van der Waals surface area contributed by atoms with Gasteiger partial charge in [0.05, 0.1) is 21.4 Å². The summed E-state index contributed by atoms with van der Waals surface area (Å²) in [5, 5.41) is 11.7. The zero-order valence-corrected chi connectivity index (χ0v) is 13.5. The Hall–Kier alpha value is -1.22. The molecule has 0 saturated carbocycles. The van der Waals surface area contributed by atoms with Crippen LogP contribution in [0.5, 0.6) is 0 Å². The molecule has 0 aromatic heterocycles. The van der Waals surface area contributed by atoms with Crippen LogP contribution in [0.2, 0.25) is 0 Å². The second-order valence-electron chi connectivity index (χ2n) is 3.87. The van der Waals surface area contributed by atoms with Crippen molar-refractivity contribution in [1.82, 2.24) is 0 Å². The summed E-state index contributed by atoms with van der Waals surface area (Å²) in [5.74, 6) is -2.42. The van der Waals surface area contributed by atoms with Gasteiger partial charge in [0.15, 0.2) is 0 Å². The molecule has 0 bridgehead atoms. The van der Waals surface area contributed by atoms with Gasteiger partial charge in [0.1, 0.15) is 11.6 Å². The number of nitrogens with one attached hydrogen (secondary N) is 1. The van der Waals surface area contributed by atoms with E-state index in [4.69, 9.17) is 5.11 Å². The van der Waals surface area contributed by atoms with Gasteiger partial charge in [-0.05, 0) is 68.9 Å². The Balaban J connectivity index is 2.47. The molecule has 0 amide bonds. The van der Waals surface area contributed by atoms with Crippen LogP contribution in [0.3, 0.4) is 0 Å². The fraction of sp³-hybridized carbons (Fsp3) is 0. The summed E-state index contributed by atoms with van der Waals surface area (Å²) in [4.78, 5) is 11.1. The first-order valence-corrected chi connectivity index (χ1v) is 7.20. The third-order valence-corrected chi connectivity index (χ3v) is 3.77. The average molecular weight is 454 g/mol. The van der Waals surface area contributed by atoms with E-state index in [0.29, 0.717) is 3.57 Å². The highest BCUT2D eigenvalue weighted by molar-refractivity contribution is 14.1. The smallest absolute Gasteiger partial charge is 0.337 e. The number of benzene rings is 2. The van der Waals surface area contributed by atoms with Gasteiger partial charge in [0, 0.05) is 3.57 Å². The Morgan fingerprint density at radius 3 is 2.45 bits per heavy atom. The highest BCUT2D eigenvalue weighted by Gasteiger charge is 2.15. The number of anilines is 2. The molecule has 0 aliphatic carbocycles. The van der Waals surface area contributed by atoms with Crippen molar-refractivity contribution in [1.29, 1.82) is 0 Å². The molecule has 0 aliphatic heterocycles. The van der Waals surface area contributed by atoms with Crippen molar-refractivity contribution in [2.45, 2.75) is 0 Å². The normalized spacial score (nSPS) is 10.4. The molecule has 0 atom stereocenters. The van der Waals surface area contributed by atoms with Crippen LogP contribution in [0.1, 0.15) is 10.4 Å². The standard InChI is InChI=1S/C13H7BrF2INO2/c14-8-4-7(13(19)20)12(5-9(8)15)18-11-2-1-6(17)3-10(11)16/h1-5,18H,(H,19,20). The highest BCUT2D eigenvalue weighted by Crippen LogP contribution is 2.28. The topological polar surface area (TPSA) is 49.3 Å². The van der Waals surface area contributed by atoms with Crippen LogP contribution in [0.15, 0.2) is 34.8 Å². The summed E-state index contributed by atoms with van der Waals surface area (Å²) >= 11 is 4.87. The van der Waals surface area contributed by atoms with Crippen molar-refractivity contribution in [2.75, 3.05) is 5.32 Å². The molecular formula is C13H7BrF2INO2. The Morgan fingerprint density at radius 2 is 1.85 bits per heavy atom. The van der Waals surface area contributed by atoms with Gasteiger partial charge in [-0.1, -0.05) is 0 Å². The molecule has 0 radical (unpaired) electrons. The van der Waals surface area contributed by atoms with Gasteiger partial charge in [-0.3, -0.25) is 0 Å². The van der Waals surface area contributed by atoms with Crippen LogP contribution in [-0.2, 0) is 0 Å². The van der Waals surface area contributed by atoms with Crippen LogP contribution in [-0.4, -0.2) is 11.1 Å². The van der Waals surface area contributed by atoms with Crippen LogP contribution in [0.4, 0.5) is 20.2 Å². The van der Waals surface area contributed by atoms with E-state index < -0.39 is 17.6 Å². The minimum absolute atomic E-state index is 0.0155. The van der Waals surface area contributed by atoms with Crippen LogP contribution < -0.4 is 5.32 Å². The van der Waals surface area contributed by atoms with E-state index >= 15 is 0 Å². The van der Waals surface area contributed by atoms with Gasteiger partial charge in [-0.2, -0.15) is 0 Å². The van der Waals surface area contributed by atoms with E-state index in [9.17, 15) is 13.6 Å². The number of hydrogen-bond acceptors (Lipinski definition) is 2. The van der Waals surface area contributed by atoms with Crippen molar-refractivity contribution in [3.05, 3.63) is 55.6 Å². The maximum absolute atomic E-state index is 13.7. The molecule has 0 spiro atoms. The van der Waals surface area contributed by atoms with Crippen molar-refractivity contribution < 1.29 is 18.7 Å². The second kappa shape index (κ2) is 6.04. The number of rotatable bonds is 3. The molecule has 0 saturated heterocycles. The maximum Gasteiger partial charge on any atom is 0.337 e. The van der Waals surface area contributed by atoms with E-state index in [1.165, 1.54) is 12.1 Å². The number of carboxylic acid groups (broad SMARTS) is 1. The van der Waals surface area contributed by atoms with E-state index in [2.05, 4.69) is 21.2 Å². The van der Waals surface area contributed by atoms with Gasteiger partial charge < -0.3 is 10.4 Å². The van der Waals surface area contributed by atoms with E-state index in [1.54, 1.807) is 6.07 Å². The lowest BCUT2D eigenvalue weighted by molar-refractivity contribution is 0.0698. The van der Waals surface area contributed by atoms with Gasteiger partial charge in [-0.15, -0.1) is 0 Å². The predicted molar refractivity (Wildman–Crippen MR) is 83.5 cm³/mol. The highest BCUT2D eigenvalue weighted by atomic mass is 127. The lowest BCUT2D eigenvalue weighted by Gasteiger charge is -2.11.